The number of esters is 1. The third kappa shape index (κ3) is 3.73. The third-order valence-corrected chi connectivity index (χ3v) is 6.22. The molecule has 0 radical (unpaired) electrons. The Balaban J connectivity index is 1.86. The van der Waals surface area contributed by atoms with E-state index in [2.05, 4.69) is 13.8 Å². The minimum absolute atomic E-state index is 0.148. The van der Waals surface area contributed by atoms with Crippen LogP contribution < -0.4 is 0 Å². The molecule has 0 spiro atoms. The SMILES string of the molecule is CC(C)C1(OC(=O)CN2CCS(=O)(=O)CC2)CCCC1. The third-order valence-electron chi connectivity index (χ3n) is 4.61. The van der Waals surface area contributed by atoms with E-state index in [-0.39, 0.29) is 29.6 Å². The highest BCUT2D eigenvalue weighted by atomic mass is 32.2. The van der Waals surface area contributed by atoms with Crippen molar-refractivity contribution in [3.8, 4) is 0 Å². The minimum Gasteiger partial charge on any atom is -0.458 e. The lowest BCUT2D eigenvalue weighted by Crippen LogP contribution is -2.45. The van der Waals surface area contributed by atoms with E-state index in [4.69, 9.17) is 4.74 Å². The molecule has 1 aliphatic carbocycles. The molecule has 2 fully saturated rings. The Morgan fingerprint density at radius 2 is 1.75 bits per heavy atom. The van der Waals surface area contributed by atoms with E-state index >= 15 is 0 Å². The highest BCUT2D eigenvalue weighted by Gasteiger charge is 2.40. The molecule has 1 heterocycles. The molecular weight excluding hydrogens is 278 g/mol. The van der Waals surface area contributed by atoms with Crippen molar-refractivity contribution in [3.63, 3.8) is 0 Å². The fraction of sp³-hybridized carbons (Fsp3) is 0.929. The molecule has 5 nitrogen and oxygen atoms in total. The minimum atomic E-state index is -2.89. The molecule has 0 aromatic heterocycles. The van der Waals surface area contributed by atoms with E-state index in [0.717, 1.165) is 25.7 Å². The normalized spacial score (nSPS) is 25.8. The van der Waals surface area contributed by atoms with E-state index in [1.54, 1.807) is 0 Å². The second kappa shape index (κ2) is 6.02. The van der Waals surface area contributed by atoms with E-state index in [1.807, 2.05) is 4.90 Å². The van der Waals surface area contributed by atoms with Crippen molar-refractivity contribution in [1.82, 2.24) is 4.90 Å². The van der Waals surface area contributed by atoms with Crippen molar-refractivity contribution in [3.05, 3.63) is 0 Å². The molecule has 6 heteroatoms. The number of hydrogen-bond acceptors (Lipinski definition) is 5. The van der Waals surface area contributed by atoms with Crippen LogP contribution in [0.1, 0.15) is 39.5 Å². The first kappa shape index (κ1) is 15.8. The Bertz CT molecular complexity index is 438. The molecule has 0 N–H and O–H groups in total. The summed E-state index contributed by atoms with van der Waals surface area (Å²) in [5, 5.41) is 0. The smallest absolute Gasteiger partial charge is 0.320 e. The molecule has 0 atom stereocenters. The highest BCUT2D eigenvalue weighted by Crippen LogP contribution is 2.39. The topological polar surface area (TPSA) is 63.7 Å². The van der Waals surface area contributed by atoms with Crippen LogP contribution >= 0.6 is 0 Å². The van der Waals surface area contributed by atoms with Gasteiger partial charge in [-0.25, -0.2) is 8.42 Å². The van der Waals surface area contributed by atoms with Crippen molar-refractivity contribution in [1.29, 1.82) is 0 Å². The lowest BCUT2D eigenvalue weighted by molar-refractivity contribution is -0.165. The van der Waals surface area contributed by atoms with Crippen LogP contribution in [0.3, 0.4) is 0 Å². The van der Waals surface area contributed by atoms with E-state index in [9.17, 15) is 13.2 Å². The van der Waals surface area contributed by atoms with E-state index in [1.165, 1.54) is 0 Å². The van der Waals surface area contributed by atoms with Gasteiger partial charge < -0.3 is 4.74 Å². The van der Waals surface area contributed by atoms with Crippen molar-refractivity contribution in [2.24, 2.45) is 5.92 Å². The van der Waals surface area contributed by atoms with Crippen LogP contribution in [0.4, 0.5) is 0 Å². The summed E-state index contributed by atoms with van der Waals surface area (Å²) in [5.74, 6) is 0.418. The van der Waals surface area contributed by atoms with Crippen LogP contribution in [0.25, 0.3) is 0 Å². The summed E-state index contributed by atoms with van der Waals surface area (Å²) in [7, 11) is -2.89. The van der Waals surface area contributed by atoms with Crippen LogP contribution in [-0.2, 0) is 19.4 Å². The first-order chi connectivity index (χ1) is 9.33. The monoisotopic (exact) mass is 303 g/mol. The van der Waals surface area contributed by atoms with E-state index < -0.39 is 9.84 Å². The maximum atomic E-state index is 12.1. The molecular formula is C14H25NO4S. The second-order valence-corrected chi connectivity index (χ2v) is 8.63. The molecule has 1 saturated heterocycles. The number of nitrogens with zero attached hydrogens (tertiary/aromatic N) is 1. The van der Waals surface area contributed by atoms with Crippen molar-refractivity contribution in [2.45, 2.75) is 45.1 Å². The average Bonchev–Trinajstić information content (AvgIpc) is 2.82. The molecule has 0 amide bonds. The Labute approximate surface area is 121 Å². The summed E-state index contributed by atoms with van der Waals surface area (Å²) in [4.78, 5) is 14.0. The van der Waals surface area contributed by atoms with Gasteiger partial charge in [0.25, 0.3) is 0 Å². The molecule has 1 aliphatic heterocycles. The molecule has 116 valence electrons. The largest absolute Gasteiger partial charge is 0.458 e. The van der Waals surface area contributed by atoms with Gasteiger partial charge in [-0.1, -0.05) is 13.8 Å². The maximum absolute atomic E-state index is 12.1. The first-order valence-corrected chi connectivity index (χ1v) is 9.30. The zero-order valence-electron chi connectivity index (χ0n) is 12.4. The maximum Gasteiger partial charge on any atom is 0.320 e. The summed E-state index contributed by atoms with van der Waals surface area (Å²) >= 11 is 0. The number of carbonyl (C=O) groups is 1. The Hall–Kier alpha value is -0.620. The molecule has 2 rings (SSSR count). The lowest BCUT2D eigenvalue weighted by Gasteiger charge is -2.34. The zero-order chi connectivity index (χ0) is 14.8. The Morgan fingerprint density at radius 1 is 1.20 bits per heavy atom. The van der Waals surface area contributed by atoms with Gasteiger partial charge in [0.2, 0.25) is 0 Å². The van der Waals surface area contributed by atoms with Gasteiger partial charge in [0.05, 0.1) is 18.1 Å². The molecule has 2 aliphatic rings. The molecule has 0 bridgehead atoms. The van der Waals surface area contributed by atoms with Gasteiger partial charge in [0.1, 0.15) is 5.60 Å². The van der Waals surface area contributed by atoms with Crippen LogP contribution in [0, 0.1) is 5.92 Å². The predicted molar refractivity (Wildman–Crippen MR) is 77.2 cm³/mol. The fourth-order valence-corrected chi connectivity index (χ4v) is 4.40. The first-order valence-electron chi connectivity index (χ1n) is 7.48. The summed E-state index contributed by atoms with van der Waals surface area (Å²) in [6.07, 6.45) is 4.14. The fourth-order valence-electron chi connectivity index (χ4n) is 3.12. The summed E-state index contributed by atoms with van der Waals surface area (Å²) < 4.78 is 28.5. The molecule has 20 heavy (non-hydrogen) atoms. The number of hydrogen-bond donors (Lipinski definition) is 0. The lowest BCUT2D eigenvalue weighted by atomic mass is 9.88. The van der Waals surface area contributed by atoms with Crippen LogP contribution in [0.15, 0.2) is 0 Å². The number of ether oxygens (including phenoxy) is 1. The highest BCUT2D eigenvalue weighted by molar-refractivity contribution is 7.91. The van der Waals surface area contributed by atoms with E-state index in [0.29, 0.717) is 19.0 Å². The van der Waals surface area contributed by atoms with Gasteiger partial charge in [-0.05, 0) is 31.6 Å². The van der Waals surface area contributed by atoms with Gasteiger partial charge in [0, 0.05) is 13.1 Å². The quantitative estimate of drug-likeness (QED) is 0.731. The summed E-state index contributed by atoms with van der Waals surface area (Å²) in [6.45, 7) is 5.29. The summed E-state index contributed by atoms with van der Waals surface area (Å²) in [6, 6.07) is 0. The Kier molecular flexibility index (Phi) is 4.74. The van der Waals surface area contributed by atoms with Gasteiger partial charge in [-0.15, -0.1) is 0 Å². The second-order valence-electron chi connectivity index (χ2n) is 6.33. The number of carbonyl (C=O) groups excluding carboxylic acids is 1. The van der Waals surface area contributed by atoms with Gasteiger partial charge >= 0.3 is 5.97 Å². The summed E-state index contributed by atoms with van der Waals surface area (Å²) in [5.41, 5.74) is -0.293. The molecule has 1 saturated carbocycles. The average molecular weight is 303 g/mol. The zero-order valence-corrected chi connectivity index (χ0v) is 13.2. The molecule has 0 aromatic rings. The van der Waals surface area contributed by atoms with Crippen LogP contribution in [0.5, 0.6) is 0 Å². The van der Waals surface area contributed by atoms with Gasteiger partial charge in [0.15, 0.2) is 9.84 Å². The van der Waals surface area contributed by atoms with Crippen molar-refractivity contribution < 1.29 is 17.9 Å². The predicted octanol–water partition coefficient (Wildman–Crippen LogP) is 1.23. The number of sulfone groups is 1. The number of rotatable bonds is 4. The van der Waals surface area contributed by atoms with Crippen molar-refractivity contribution >= 4 is 15.8 Å². The Morgan fingerprint density at radius 3 is 2.25 bits per heavy atom. The van der Waals surface area contributed by atoms with Crippen LogP contribution in [-0.4, -0.2) is 56.0 Å². The standard InChI is InChI=1S/C14H25NO4S/c1-12(2)14(5-3-4-6-14)19-13(16)11-15-7-9-20(17,18)10-8-15/h12H,3-11H2,1-2H3. The van der Waals surface area contributed by atoms with Crippen LogP contribution in [0.2, 0.25) is 0 Å². The molecule has 0 unspecified atom stereocenters. The molecule has 0 aromatic carbocycles. The van der Waals surface area contributed by atoms with Crippen molar-refractivity contribution in [2.75, 3.05) is 31.1 Å². The van der Waals surface area contributed by atoms with Gasteiger partial charge in [-0.3, -0.25) is 9.69 Å². The van der Waals surface area contributed by atoms with Gasteiger partial charge in [-0.2, -0.15) is 0 Å².